The Morgan fingerprint density at radius 1 is 1.62 bits per heavy atom. The van der Waals surface area contributed by atoms with Gasteiger partial charge in [0.15, 0.2) is 5.75 Å². The van der Waals surface area contributed by atoms with Gasteiger partial charge in [-0.1, -0.05) is 0 Å². The number of nitrogens with one attached hydrogen (secondary N) is 1. The van der Waals surface area contributed by atoms with Crippen LogP contribution in [0.5, 0.6) is 0 Å². The van der Waals surface area contributed by atoms with Crippen LogP contribution in [0.25, 0.3) is 0 Å². The Kier molecular flexibility index (Phi) is 2.89. The molecule has 0 spiro atoms. The summed E-state index contributed by atoms with van der Waals surface area (Å²) >= 11 is 1.32. The highest BCUT2D eigenvalue weighted by atomic mass is 32.2. The summed E-state index contributed by atoms with van der Waals surface area (Å²) in [7, 11) is -3.75. The van der Waals surface area contributed by atoms with Crippen molar-refractivity contribution < 1.29 is 18.3 Å². The van der Waals surface area contributed by atoms with Gasteiger partial charge in [0.2, 0.25) is 10.0 Å². The van der Waals surface area contributed by atoms with E-state index in [4.69, 9.17) is 5.11 Å². The van der Waals surface area contributed by atoms with Crippen LogP contribution in [0, 0.1) is 0 Å². The number of hydrogen-bond acceptors (Lipinski definition) is 4. The molecular formula is C6H7NO4S2. The molecule has 0 saturated heterocycles. The largest absolute Gasteiger partial charge is 0.480 e. The second kappa shape index (κ2) is 3.75. The minimum atomic E-state index is -3.75. The lowest BCUT2D eigenvalue weighted by Crippen LogP contribution is -2.22. The number of carboxylic acid groups (broad SMARTS) is 1. The Balaban J connectivity index is 2.68. The maximum Gasteiger partial charge on any atom is 0.320 e. The number of anilines is 1. The number of carboxylic acids is 1. The van der Waals surface area contributed by atoms with E-state index in [1.165, 1.54) is 11.3 Å². The van der Waals surface area contributed by atoms with Crippen molar-refractivity contribution in [3.63, 3.8) is 0 Å². The van der Waals surface area contributed by atoms with Crippen LogP contribution < -0.4 is 4.72 Å². The lowest BCUT2D eigenvalue weighted by atomic mass is 10.6. The topological polar surface area (TPSA) is 83.5 Å². The zero-order valence-corrected chi connectivity index (χ0v) is 8.06. The Morgan fingerprint density at radius 3 is 2.77 bits per heavy atom. The van der Waals surface area contributed by atoms with E-state index in [0.29, 0.717) is 5.69 Å². The lowest BCUT2D eigenvalue weighted by molar-refractivity contribution is -0.134. The van der Waals surface area contributed by atoms with Gasteiger partial charge < -0.3 is 5.11 Å². The summed E-state index contributed by atoms with van der Waals surface area (Å²) in [6.45, 7) is 0. The number of carbonyl (C=O) groups is 1. The fourth-order valence-corrected chi connectivity index (χ4v) is 2.25. The first-order valence-corrected chi connectivity index (χ1v) is 5.83. The van der Waals surface area contributed by atoms with Crippen LogP contribution in [0.4, 0.5) is 5.69 Å². The van der Waals surface area contributed by atoms with Gasteiger partial charge in [-0.3, -0.25) is 9.52 Å². The quantitative estimate of drug-likeness (QED) is 0.778. The maximum atomic E-state index is 11.0. The van der Waals surface area contributed by atoms with Crippen LogP contribution in [0.3, 0.4) is 0 Å². The molecule has 0 aromatic carbocycles. The Morgan fingerprint density at radius 2 is 2.31 bits per heavy atom. The predicted octanol–water partition coefficient (Wildman–Crippen LogP) is 0.574. The van der Waals surface area contributed by atoms with Crippen LogP contribution >= 0.6 is 11.3 Å². The van der Waals surface area contributed by atoms with Crippen molar-refractivity contribution in [1.29, 1.82) is 0 Å². The van der Waals surface area contributed by atoms with E-state index in [1.54, 1.807) is 16.8 Å². The van der Waals surface area contributed by atoms with Gasteiger partial charge in [0, 0.05) is 5.38 Å². The van der Waals surface area contributed by atoms with Gasteiger partial charge in [0.1, 0.15) is 0 Å². The summed E-state index contributed by atoms with van der Waals surface area (Å²) in [6, 6.07) is 1.56. The number of rotatable bonds is 4. The summed E-state index contributed by atoms with van der Waals surface area (Å²) in [5.41, 5.74) is 0.395. The molecule has 5 nitrogen and oxygen atoms in total. The second-order valence-electron chi connectivity index (χ2n) is 2.27. The molecule has 2 N–H and O–H groups in total. The highest BCUT2D eigenvalue weighted by Crippen LogP contribution is 2.13. The predicted molar refractivity (Wildman–Crippen MR) is 49.4 cm³/mol. The van der Waals surface area contributed by atoms with Gasteiger partial charge in [0.05, 0.1) is 5.69 Å². The van der Waals surface area contributed by atoms with Crippen molar-refractivity contribution in [3.05, 3.63) is 16.8 Å². The summed E-state index contributed by atoms with van der Waals surface area (Å²) in [4.78, 5) is 10.1. The van der Waals surface area contributed by atoms with Gasteiger partial charge in [-0.25, -0.2) is 8.42 Å². The van der Waals surface area contributed by atoms with E-state index in [1.807, 2.05) is 0 Å². The Hall–Kier alpha value is -1.08. The van der Waals surface area contributed by atoms with Crippen LogP contribution in [-0.4, -0.2) is 25.2 Å². The van der Waals surface area contributed by atoms with Crippen LogP contribution in [0.2, 0.25) is 0 Å². The third kappa shape index (κ3) is 3.43. The first-order valence-electron chi connectivity index (χ1n) is 3.24. The fraction of sp³-hybridized carbons (Fsp3) is 0.167. The number of thiophene rings is 1. The Bertz CT molecular complexity index is 381. The molecule has 1 rings (SSSR count). The standard InChI is InChI=1S/C6H7NO4S2/c8-6(9)4-13(10,11)7-5-1-2-12-3-5/h1-3,7H,4H2,(H,8,9). The summed E-state index contributed by atoms with van der Waals surface area (Å²) in [5.74, 6) is -2.29. The molecule has 0 aliphatic heterocycles. The fourth-order valence-electron chi connectivity index (χ4n) is 0.701. The minimum absolute atomic E-state index is 0.395. The van der Waals surface area contributed by atoms with Gasteiger partial charge >= 0.3 is 5.97 Å². The van der Waals surface area contributed by atoms with E-state index in [9.17, 15) is 13.2 Å². The first kappa shape index (κ1) is 10.0. The van der Waals surface area contributed by atoms with Crippen molar-refractivity contribution in [2.75, 3.05) is 10.5 Å². The molecule has 0 atom stereocenters. The molecule has 0 bridgehead atoms. The molecule has 0 amide bonds. The smallest absolute Gasteiger partial charge is 0.320 e. The summed E-state index contributed by atoms with van der Waals surface area (Å²) in [6.07, 6.45) is 0. The van der Waals surface area contributed by atoms with Crippen molar-refractivity contribution in [2.45, 2.75) is 0 Å². The van der Waals surface area contributed by atoms with Crippen LogP contribution in [0.1, 0.15) is 0 Å². The number of hydrogen-bond donors (Lipinski definition) is 2. The Labute approximate surface area is 79.1 Å². The minimum Gasteiger partial charge on any atom is -0.480 e. The normalized spacial score (nSPS) is 11.1. The monoisotopic (exact) mass is 221 g/mol. The second-order valence-corrected chi connectivity index (χ2v) is 4.77. The molecule has 0 fully saturated rings. The average Bonchev–Trinajstić information content (AvgIpc) is 2.34. The molecule has 0 aliphatic rings. The van der Waals surface area contributed by atoms with Gasteiger partial charge in [0.25, 0.3) is 0 Å². The highest BCUT2D eigenvalue weighted by molar-refractivity contribution is 7.93. The molecule has 1 heterocycles. The average molecular weight is 221 g/mol. The van der Waals surface area contributed by atoms with E-state index < -0.39 is 21.7 Å². The molecule has 72 valence electrons. The molecule has 0 unspecified atom stereocenters. The van der Waals surface area contributed by atoms with Crippen LogP contribution in [0.15, 0.2) is 16.8 Å². The summed E-state index contributed by atoms with van der Waals surface area (Å²) in [5, 5.41) is 11.5. The van der Waals surface area contributed by atoms with Crippen LogP contribution in [-0.2, 0) is 14.8 Å². The van der Waals surface area contributed by atoms with Crippen molar-refractivity contribution in [2.24, 2.45) is 0 Å². The third-order valence-corrected chi connectivity index (χ3v) is 2.96. The highest BCUT2D eigenvalue weighted by Gasteiger charge is 2.15. The zero-order valence-electron chi connectivity index (χ0n) is 6.43. The molecule has 13 heavy (non-hydrogen) atoms. The molecule has 0 saturated carbocycles. The molecule has 0 aliphatic carbocycles. The van der Waals surface area contributed by atoms with E-state index in [-0.39, 0.29) is 0 Å². The third-order valence-electron chi connectivity index (χ3n) is 1.11. The van der Waals surface area contributed by atoms with Gasteiger partial charge in [-0.05, 0) is 11.4 Å². The van der Waals surface area contributed by atoms with Crippen molar-refractivity contribution in [1.82, 2.24) is 0 Å². The summed E-state index contributed by atoms with van der Waals surface area (Å²) < 4.78 is 24.2. The molecule has 7 heteroatoms. The first-order chi connectivity index (χ1) is 5.99. The van der Waals surface area contributed by atoms with Crippen molar-refractivity contribution >= 4 is 33.0 Å². The number of sulfonamides is 1. The molecule has 0 radical (unpaired) electrons. The van der Waals surface area contributed by atoms with Crippen molar-refractivity contribution in [3.8, 4) is 0 Å². The zero-order chi connectivity index (χ0) is 9.90. The van der Waals surface area contributed by atoms with Gasteiger partial charge in [-0.2, -0.15) is 11.3 Å². The van der Waals surface area contributed by atoms with Gasteiger partial charge in [-0.15, -0.1) is 0 Å². The number of aliphatic carboxylic acids is 1. The SMILES string of the molecule is O=C(O)CS(=O)(=O)Nc1ccsc1. The lowest BCUT2D eigenvalue weighted by Gasteiger charge is -2.01. The van der Waals surface area contributed by atoms with E-state index >= 15 is 0 Å². The van der Waals surface area contributed by atoms with E-state index in [0.717, 1.165) is 0 Å². The molecule has 1 aromatic heterocycles. The molecule has 1 aromatic rings. The molecular weight excluding hydrogens is 214 g/mol. The van der Waals surface area contributed by atoms with E-state index in [2.05, 4.69) is 4.72 Å². The maximum absolute atomic E-state index is 11.0.